The van der Waals surface area contributed by atoms with E-state index in [1.165, 1.54) is 12.6 Å². The molecule has 0 aromatic carbocycles. The van der Waals surface area contributed by atoms with Crippen LogP contribution in [0.5, 0.6) is 0 Å². The van der Waals surface area contributed by atoms with Crippen molar-refractivity contribution in [3.05, 3.63) is 12.8 Å². The van der Waals surface area contributed by atoms with Crippen molar-refractivity contribution in [1.82, 2.24) is 5.48 Å². The van der Waals surface area contributed by atoms with Crippen molar-refractivity contribution in [2.75, 3.05) is 6.61 Å². The molecular weight excluding hydrogens is 102 g/mol. The van der Waals surface area contributed by atoms with Crippen molar-refractivity contribution < 1.29 is 4.84 Å². The van der Waals surface area contributed by atoms with Gasteiger partial charge in [-0.3, -0.25) is 10.3 Å². The Balaban J connectivity index is 2.62. The van der Waals surface area contributed by atoms with Crippen molar-refractivity contribution in [3.8, 4) is 0 Å². The Morgan fingerprint density at radius 3 is 3.00 bits per heavy atom. The van der Waals surface area contributed by atoms with Gasteiger partial charge in [-0.1, -0.05) is 19.9 Å². The third-order valence-corrected chi connectivity index (χ3v) is 0.767. The van der Waals surface area contributed by atoms with E-state index in [0.29, 0.717) is 0 Å². The molecule has 1 N–H and O–H groups in total. The Kier molecular flexibility index (Phi) is 6.09. The van der Waals surface area contributed by atoms with Crippen molar-refractivity contribution in [3.63, 3.8) is 0 Å². The van der Waals surface area contributed by atoms with E-state index in [1.54, 1.807) is 0 Å². The van der Waals surface area contributed by atoms with Crippen LogP contribution in [0.1, 0.15) is 19.8 Å². The zero-order valence-corrected chi connectivity index (χ0v) is 5.31. The molecule has 0 aliphatic heterocycles. The van der Waals surface area contributed by atoms with Crippen molar-refractivity contribution in [2.45, 2.75) is 19.8 Å². The Hall–Kier alpha value is -0.500. The number of hydrogen-bond donors (Lipinski definition) is 1. The highest BCUT2D eigenvalue weighted by molar-refractivity contribution is 4.52. The molecule has 0 unspecified atom stereocenters. The van der Waals surface area contributed by atoms with Crippen LogP contribution in [0.2, 0.25) is 0 Å². The summed E-state index contributed by atoms with van der Waals surface area (Å²) >= 11 is 0. The molecule has 0 atom stereocenters. The second kappa shape index (κ2) is 6.50. The molecule has 0 amide bonds. The first-order valence-corrected chi connectivity index (χ1v) is 2.90. The van der Waals surface area contributed by atoms with Gasteiger partial charge in [0.05, 0.1) is 6.61 Å². The van der Waals surface area contributed by atoms with E-state index in [9.17, 15) is 0 Å². The third kappa shape index (κ3) is 5.50. The SMILES string of the molecule is C=CNOCCCC. The van der Waals surface area contributed by atoms with Gasteiger partial charge in [-0.25, -0.2) is 0 Å². The minimum Gasteiger partial charge on any atom is -0.277 e. The summed E-state index contributed by atoms with van der Waals surface area (Å²) in [6, 6.07) is 0. The van der Waals surface area contributed by atoms with Crippen LogP contribution in [0, 0.1) is 0 Å². The fourth-order valence-corrected chi connectivity index (χ4v) is 0.334. The van der Waals surface area contributed by atoms with Gasteiger partial charge in [0.2, 0.25) is 0 Å². The number of nitrogens with one attached hydrogen (secondary N) is 1. The molecule has 0 spiro atoms. The van der Waals surface area contributed by atoms with Crippen LogP contribution in [-0.4, -0.2) is 6.61 Å². The van der Waals surface area contributed by atoms with Crippen LogP contribution in [0.4, 0.5) is 0 Å². The quantitative estimate of drug-likeness (QED) is 0.432. The summed E-state index contributed by atoms with van der Waals surface area (Å²) in [7, 11) is 0. The maximum Gasteiger partial charge on any atom is 0.0745 e. The third-order valence-electron chi connectivity index (χ3n) is 0.767. The molecule has 0 saturated carbocycles. The van der Waals surface area contributed by atoms with Crippen LogP contribution >= 0.6 is 0 Å². The number of hydrogen-bond acceptors (Lipinski definition) is 2. The summed E-state index contributed by atoms with van der Waals surface area (Å²) in [6.07, 6.45) is 3.79. The lowest BCUT2D eigenvalue weighted by atomic mass is 10.4. The maximum atomic E-state index is 4.86. The van der Waals surface area contributed by atoms with Gasteiger partial charge in [-0.2, -0.15) is 0 Å². The molecule has 0 aliphatic carbocycles. The molecule has 0 aromatic rings. The predicted molar refractivity (Wildman–Crippen MR) is 34.2 cm³/mol. The van der Waals surface area contributed by atoms with E-state index < -0.39 is 0 Å². The Labute approximate surface area is 50.5 Å². The minimum atomic E-state index is 0.766. The zero-order chi connectivity index (χ0) is 6.24. The van der Waals surface area contributed by atoms with Gasteiger partial charge in [0.1, 0.15) is 0 Å². The van der Waals surface area contributed by atoms with E-state index in [4.69, 9.17) is 4.84 Å². The average Bonchev–Trinajstić information content (AvgIpc) is 1.81. The fourth-order valence-electron chi connectivity index (χ4n) is 0.334. The Morgan fingerprint density at radius 1 is 1.75 bits per heavy atom. The largest absolute Gasteiger partial charge is 0.277 e. The highest BCUT2D eigenvalue weighted by Gasteiger charge is 1.79. The maximum absolute atomic E-state index is 4.86. The summed E-state index contributed by atoms with van der Waals surface area (Å²) < 4.78 is 0. The fraction of sp³-hybridized carbons (Fsp3) is 0.667. The molecule has 48 valence electrons. The lowest BCUT2D eigenvalue weighted by molar-refractivity contribution is 0.0693. The normalized spacial score (nSPS) is 8.62. The van der Waals surface area contributed by atoms with Gasteiger partial charge in [0.15, 0.2) is 0 Å². The topological polar surface area (TPSA) is 21.3 Å². The standard InChI is InChI=1S/C6H13NO/c1-3-5-6-8-7-4-2/h4,7H,2-3,5-6H2,1H3. The highest BCUT2D eigenvalue weighted by atomic mass is 16.6. The summed E-state index contributed by atoms with van der Waals surface area (Å²) in [6.45, 7) is 6.31. The van der Waals surface area contributed by atoms with Crippen molar-refractivity contribution >= 4 is 0 Å². The molecule has 0 heterocycles. The predicted octanol–water partition coefficient (Wildman–Crippen LogP) is 1.45. The lowest BCUT2D eigenvalue weighted by Crippen LogP contribution is -2.06. The number of unbranched alkanes of at least 4 members (excludes halogenated alkanes) is 1. The Bertz CT molecular complexity index is 54.5. The van der Waals surface area contributed by atoms with E-state index >= 15 is 0 Å². The second-order valence-corrected chi connectivity index (χ2v) is 1.52. The molecule has 0 bridgehead atoms. The van der Waals surface area contributed by atoms with Crippen LogP contribution in [0.25, 0.3) is 0 Å². The summed E-state index contributed by atoms with van der Waals surface area (Å²) in [4.78, 5) is 4.86. The van der Waals surface area contributed by atoms with Gasteiger partial charge in [-0.05, 0) is 6.42 Å². The molecule has 2 nitrogen and oxygen atoms in total. The van der Waals surface area contributed by atoms with Gasteiger partial charge in [0.25, 0.3) is 0 Å². The van der Waals surface area contributed by atoms with Crippen molar-refractivity contribution in [1.29, 1.82) is 0 Å². The first kappa shape index (κ1) is 7.50. The first-order valence-electron chi connectivity index (χ1n) is 2.90. The van der Waals surface area contributed by atoms with Crippen LogP contribution < -0.4 is 5.48 Å². The van der Waals surface area contributed by atoms with Crippen molar-refractivity contribution in [2.24, 2.45) is 0 Å². The summed E-state index contributed by atoms with van der Waals surface area (Å²) in [5, 5.41) is 0. The Morgan fingerprint density at radius 2 is 2.50 bits per heavy atom. The average molecular weight is 115 g/mol. The van der Waals surface area contributed by atoms with E-state index in [0.717, 1.165) is 13.0 Å². The highest BCUT2D eigenvalue weighted by Crippen LogP contribution is 1.83. The monoisotopic (exact) mass is 115 g/mol. The minimum absolute atomic E-state index is 0.766. The van der Waals surface area contributed by atoms with Crippen LogP contribution in [0.3, 0.4) is 0 Å². The summed E-state index contributed by atoms with van der Waals surface area (Å²) in [5.41, 5.74) is 2.55. The van der Waals surface area contributed by atoms with E-state index in [2.05, 4.69) is 19.0 Å². The van der Waals surface area contributed by atoms with E-state index in [-0.39, 0.29) is 0 Å². The zero-order valence-electron chi connectivity index (χ0n) is 5.31. The second-order valence-electron chi connectivity index (χ2n) is 1.52. The summed E-state index contributed by atoms with van der Waals surface area (Å²) in [5.74, 6) is 0. The van der Waals surface area contributed by atoms with Gasteiger partial charge < -0.3 is 0 Å². The molecule has 0 aromatic heterocycles. The molecule has 2 heteroatoms. The van der Waals surface area contributed by atoms with Crippen LogP contribution in [0.15, 0.2) is 12.8 Å². The molecule has 0 radical (unpaired) electrons. The number of hydroxylamine groups is 1. The molecule has 0 fully saturated rings. The smallest absolute Gasteiger partial charge is 0.0745 e. The molecule has 0 rings (SSSR count). The van der Waals surface area contributed by atoms with Gasteiger partial charge >= 0.3 is 0 Å². The molecule has 0 saturated heterocycles. The molecule has 0 aliphatic rings. The van der Waals surface area contributed by atoms with E-state index in [1.807, 2.05) is 0 Å². The molecular formula is C6H13NO. The van der Waals surface area contributed by atoms with Gasteiger partial charge in [-0.15, -0.1) is 0 Å². The molecule has 8 heavy (non-hydrogen) atoms. The lowest BCUT2D eigenvalue weighted by Gasteiger charge is -1.97. The number of rotatable bonds is 5. The first-order chi connectivity index (χ1) is 3.91. The van der Waals surface area contributed by atoms with Crippen LogP contribution in [-0.2, 0) is 4.84 Å². The van der Waals surface area contributed by atoms with Gasteiger partial charge in [0, 0.05) is 6.20 Å².